The number of carbonyl (C=O) groups excluding carboxylic acids is 1. The van der Waals surface area contributed by atoms with Crippen LogP contribution in [0.15, 0.2) is 6.33 Å². The molecule has 100 valence electrons. The summed E-state index contributed by atoms with van der Waals surface area (Å²) in [6.07, 6.45) is 6.60. The van der Waals surface area contributed by atoms with Crippen LogP contribution in [0.2, 0.25) is 0 Å². The van der Waals surface area contributed by atoms with Crippen molar-refractivity contribution < 1.29 is 4.79 Å². The molecule has 1 aliphatic carbocycles. The molecule has 2 rings (SSSR count). The maximum atomic E-state index is 12.5. The molecule has 1 fully saturated rings. The number of carbonyl (C=O) groups is 1. The summed E-state index contributed by atoms with van der Waals surface area (Å²) in [4.78, 5) is 16.7. The van der Waals surface area contributed by atoms with E-state index in [9.17, 15) is 4.79 Å². The van der Waals surface area contributed by atoms with Crippen LogP contribution in [0.1, 0.15) is 52.3 Å². The van der Waals surface area contributed by atoms with E-state index in [-0.39, 0.29) is 11.3 Å². The van der Waals surface area contributed by atoms with E-state index in [0.29, 0.717) is 12.2 Å². The predicted octanol–water partition coefficient (Wildman–Crippen LogP) is 2.63. The lowest BCUT2D eigenvalue weighted by Gasteiger charge is -2.37. The fraction of sp³-hybridized carbons (Fsp3) is 0.786. The highest BCUT2D eigenvalue weighted by Gasteiger charge is 2.37. The first-order valence-electron chi connectivity index (χ1n) is 6.94. The Kier molecular flexibility index (Phi) is 3.83. The molecule has 18 heavy (non-hydrogen) atoms. The van der Waals surface area contributed by atoms with E-state index >= 15 is 0 Å². The monoisotopic (exact) mass is 249 g/mol. The zero-order valence-corrected chi connectivity index (χ0v) is 11.6. The Balaban J connectivity index is 2.07. The Labute approximate surface area is 109 Å². The molecule has 1 aromatic heterocycles. The fourth-order valence-electron chi connectivity index (χ4n) is 3.06. The van der Waals surface area contributed by atoms with Crippen molar-refractivity contribution >= 4 is 5.78 Å². The van der Waals surface area contributed by atoms with E-state index in [2.05, 4.69) is 23.9 Å². The van der Waals surface area contributed by atoms with Crippen LogP contribution in [0, 0.1) is 11.3 Å². The Morgan fingerprint density at radius 1 is 1.50 bits per heavy atom. The van der Waals surface area contributed by atoms with Crippen molar-refractivity contribution in [1.29, 1.82) is 0 Å². The van der Waals surface area contributed by atoms with Gasteiger partial charge < -0.3 is 0 Å². The van der Waals surface area contributed by atoms with Crippen molar-refractivity contribution in [2.24, 2.45) is 11.3 Å². The summed E-state index contributed by atoms with van der Waals surface area (Å²) in [5, 5.41) is 4.12. The second-order valence-electron chi connectivity index (χ2n) is 5.92. The van der Waals surface area contributed by atoms with Gasteiger partial charge in [-0.1, -0.05) is 26.7 Å². The van der Waals surface area contributed by atoms with Crippen LogP contribution < -0.4 is 0 Å². The van der Waals surface area contributed by atoms with Gasteiger partial charge in [-0.05, 0) is 25.2 Å². The number of Topliss-reactive ketones (excluding diaryl/α,β-unsaturated/α-hetero) is 1. The van der Waals surface area contributed by atoms with Gasteiger partial charge in [-0.25, -0.2) is 9.67 Å². The van der Waals surface area contributed by atoms with Crippen LogP contribution in [0.4, 0.5) is 0 Å². The molecule has 0 amide bonds. The van der Waals surface area contributed by atoms with Crippen molar-refractivity contribution in [3.63, 3.8) is 0 Å². The van der Waals surface area contributed by atoms with E-state index in [0.717, 1.165) is 25.2 Å². The molecular weight excluding hydrogens is 226 g/mol. The fourth-order valence-corrected chi connectivity index (χ4v) is 3.06. The lowest BCUT2D eigenvalue weighted by Crippen LogP contribution is -2.35. The molecule has 1 aromatic rings. The van der Waals surface area contributed by atoms with Crippen molar-refractivity contribution in [2.75, 3.05) is 0 Å². The standard InChI is InChI=1S/C14H23N3O/c1-4-17-13(15-10-16-17)9-12(18)11-7-5-6-8-14(11,2)3/h10-11H,4-9H2,1-3H3. The maximum absolute atomic E-state index is 12.5. The van der Waals surface area contributed by atoms with Crippen LogP contribution in [0.25, 0.3) is 0 Å². The Hall–Kier alpha value is -1.19. The van der Waals surface area contributed by atoms with Gasteiger partial charge in [-0.2, -0.15) is 5.10 Å². The Bertz CT molecular complexity index is 422. The van der Waals surface area contributed by atoms with Gasteiger partial charge in [0, 0.05) is 12.5 Å². The molecule has 0 aliphatic heterocycles. The molecule has 1 aliphatic rings. The van der Waals surface area contributed by atoms with Crippen molar-refractivity contribution in [1.82, 2.24) is 14.8 Å². The van der Waals surface area contributed by atoms with Crippen LogP contribution in [-0.2, 0) is 17.8 Å². The van der Waals surface area contributed by atoms with Gasteiger partial charge in [-0.3, -0.25) is 4.79 Å². The van der Waals surface area contributed by atoms with Crippen LogP contribution in [0.5, 0.6) is 0 Å². The summed E-state index contributed by atoms with van der Waals surface area (Å²) in [5.74, 6) is 1.33. The third-order valence-electron chi connectivity index (χ3n) is 4.22. The third-order valence-corrected chi connectivity index (χ3v) is 4.22. The number of hydrogen-bond acceptors (Lipinski definition) is 3. The van der Waals surface area contributed by atoms with Gasteiger partial charge in [0.1, 0.15) is 17.9 Å². The second-order valence-corrected chi connectivity index (χ2v) is 5.92. The van der Waals surface area contributed by atoms with E-state index in [1.807, 2.05) is 11.6 Å². The van der Waals surface area contributed by atoms with Gasteiger partial charge in [-0.15, -0.1) is 0 Å². The topological polar surface area (TPSA) is 47.8 Å². The number of aryl methyl sites for hydroxylation is 1. The minimum Gasteiger partial charge on any atom is -0.299 e. The molecule has 1 unspecified atom stereocenters. The summed E-state index contributed by atoms with van der Waals surface area (Å²) < 4.78 is 1.81. The number of nitrogens with zero attached hydrogens (tertiary/aromatic N) is 3. The van der Waals surface area contributed by atoms with Crippen molar-refractivity contribution in [2.45, 2.75) is 59.4 Å². The average molecular weight is 249 g/mol. The number of hydrogen-bond donors (Lipinski definition) is 0. The van der Waals surface area contributed by atoms with Crippen LogP contribution in [-0.4, -0.2) is 20.5 Å². The molecule has 4 heteroatoms. The summed E-state index contributed by atoms with van der Waals surface area (Å²) >= 11 is 0. The van der Waals surface area contributed by atoms with Crippen molar-refractivity contribution in [3.05, 3.63) is 12.2 Å². The van der Waals surface area contributed by atoms with Gasteiger partial charge in [0.25, 0.3) is 0 Å². The largest absolute Gasteiger partial charge is 0.299 e. The van der Waals surface area contributed by atoms with E-state index < -0.39 is 0 Å². The van der Waals surface area contributed by atoms with Gasteiger partial charge >= 0.3 is 0 Å². The van der Waals surface area contributed by atoms with Crippen LogP contribution in [0.3, 0.4) is 0 Å². The Morgan fingerprint density at radius 2 is 2.28 bits per heavy atom. The quantitative estimate of drug-likeness (QED) is 0.824. The first-order valence-corrected chi connectivity index (χ1v) is 6.94. The molecule has 0 aromatic carbocycles. The Morgan fingerprint density at radius 3 is 2.94 bits per heavy atom. The van der Waals surface area contributed by atoms with Crippen molar-refractivity contribution in [3.8, 4) is 0 Å². The first kappa shape index (κ1) is 13.2. The normalized spacial score (nSPS) is 22.9. The maximum Gasteiger partial charge on any atom is 0.144 e. The highest BCUT2D eigenvalue weighted by Crippen LogP contribution is 2.41. The van der Waals surface area contributed by atoms with E-state index in [1.165, 1.54) is 19.2 Å². The molecule has 1 atom stereocenters. The minimum absolute atomic E-state index is 0.145. The summed E-state index contributed by atoms with van der Waals surface area (Å²) in [5.41, 5.74) is 0.145. The smallest absolute Gasteiger partial charge is 0.144 e. The highest BCUT2D eigenvalue weighted by molar-refractivity contribution is 5.83. The van der Waals surface area contributed by atoms with Crippen LogP contribution >= 0.6 is 0 Å². The van der Waals surface area contributed by atoms with E-state index in [1.54, 1.807) is 0 Å². The first-order chi connectivity index (χ1) is 8.54. The van der Waals surface area contributed by atoms with Gasteiger partial charge in [0.15, 0.2) is 0 Å². The summed E-state index contributed by atoms with van der Waals surface area (Å²) in [7, 11) is 0. The second kappa shape index (κ2) is 5.21. The lowest BCUT2D eigenvalue weighted by molar-refractivity contribution is -0.127. The molecule has 0 N–H and O–H groups in total. The molecular formula is C14H23N3O. The molecule has 0 bridgehead atoms. The summed E-state index contributed by atoms with van der Waals surface area (Å²) in [6.45, 7) is 7.24. The molecule has 0 saturated heterocycles. The number of ketones is 1. The zero-order chi connectivity index (χ0) is 13.2. The predicted molar refractivity (Wildman–Crippen MR) is 70.1 cm³/mol. The number of rotatable bonds is 4. The third kappa shape index (κ3) is 2.62. The van der Waals surface area contributed by atoms with Gasteiger partial charge in [0.05, 0.1) is 6.42 Å². The minimum atomic E-state index is 0.145. The van der Waals surface area contributed by atoms with Gasteiger partial charge in [0.2, 0.25) is 0 Å². The number of aromatic nitrogens is 3. The molecule has 0 radical (unpaired) electrons. The lowest BCUT2D eigenvalue weighted by atomic mass is 9.67. The molecule has 1 saturated carbocycles. The molecule has 1 heterocycles. The molecule has 4 nitrogen and oxygen atoms in total. The average Bonchev–Trinajstić information content (AvgIpc) is 2.75. The zero-order valence-electron chi connectivity index (χ0n) is 11.6. The highest BCUT2D eigenvalue weighted by atomic mass is 16.1. The SMILES string of the molecule is CCn1ncnc1CC(=O)C1CCCCC1(C)C. The van der Waals surface area contributed by atoms with E-state index in [4.69, 9.17) is 0 Å². The summed E-state index contributed by atoms with van der Waals surface area (Å²) in [6, 6.07) is 0. The molecule has 0 spiro atoms.